The number of carboxylic acid groups (broad SMARTS) is 1. The lowest BCUT2D eigenvalue weighted by molar-refractivity contribution is -0.136. The Hall–Kier alpha value is -4.23. The zero-order valence-corrected chi connectivity index (χ0v) is 26.5. The standard InChI is InChI=1S/C32H27IN2O7S/c1-4-23-26(31(39)41-3)27(20-8-6-5-7-9-20)35-29(36)25(43-32(35)34-23)16-19-14-22(33)28(24(15-19)40-2)42-17-18-10-12-21(13-11-18)30(37)38/h5-16,27H,4,17H2,1-3H3,(H,37,38)/b25-16-/t27-/m0/s1. The van der Waals surface area contributed by atoms with Crippen LogP contribution in [0.1, 0.15) is 46.4 Å². The lowest BCUT2D eigenvalue weighted by Gasteiger charge is -2.25. The number of carboxylic acids is 1. The van der Waals surface area contributed by atoms with Crippen LogP contribution in [0.15, 0.2) is 87.8 Å². The first-order valence-electron chi connectivity index (χ1n) is 13.3. The maximum Gasteiger partial charge on any atom is 0.338 e. The third-order valence-corrected chi connectivity index (χ3v) is 8.68. The third kappa shape index (κ3) is 6.13. The van der Waals surface area contributed by atoms with E-state index in [0.717, 1.165) is 20.3 Å². The van der Waals surface area contributed by atoms with Crippen LogP contribution in [0, 0.1) is 3.57 Å². The molecule has 1 N–H and O–H groups in total. The minimum atomic E-state index is -0.989. The second-order valence-electron chi connectivity index (χ2n) is 9.52. The number of hydrogen-bond donors (Lipinski definition) is 1. The molecule has 0 amide bonds. The van der Waals surface area contributed by atoms with Crippen LogP contribution >= 0.6 is 33.9 Å². The molecular formula is C32H27IN2O7S. The maximum atomic E-state index is 13.9. The van der Waals surface area contributed by atoms with E-state index in [9.17, 15) is 14.4 Å². The van der Waals surface area contributed by atoms with Gasteiger partial charge in [0.2, 0.25) is 0 Å². The Balaban J connectivity index is 1.54. The van der Waals surface area contributed by atoms with Crippen molar-refractivity contribution < 1.29 is 28.9 Å². The number of ether oxygens (including phenoxy) is 3. The molecule has 11 heteroatoms. The van der Waals surface area contributed by atoms with E-state index in [1.807, 2.05) is 43.3 Å². The summed E-state index contributed by atoms with van der Waals surface area (Å²) in [6.07, 6.45) is 2.28. The predicted molar refractivity (Wildman–Crippen MR) is 170 cm³/mol. The Bertz CT molecular complexity index is 1910. The van der Waals surface area contributed by atoms with Crippen LogP contribution in [0.4, 0.5) is 0 Å². The number of carbonyl (C=O) groups excluding carboxylic acids is 1. The van der Waals surface area contributed by atoms with Crippen LogP contribution in [0.5, 0.6) is 11.5 Å². The smallest absolute Gasteiger partial charge is 0.338 e. The molecule has 43 heavy (non-hydrogen) atoms. The minimum absolute atomic E-state index is 0.202. The molecule has 0 fully saturated rings. The van der Waals surface area contributed by atoms with E-state index in [2.05, 4.69) is 22.6 Å². The number of nitrogens with zero attached hydrogens (tertiary/aromatic N) is 2. The number of esters is 1. The van der Waals surface area contributed by atoms with Gasteiger partial charge in [-0.15, -0.1) is 0 Å². The van der Waals surface area contributed by atoms with Crippen molar-refractivity contribution in [3.8, 4) is 11.5 Å². The maximum absolute atomic E-state index is 13.9. The van der Waals surface area contributed by atoms with Crippen molar-refractivity contribution in [2.24, 2.45) is 4.99 Å². The molecule has 1 aliphatic heterocycles. The van der Waals surface area contributed by atoms with Gasteiger partial charge in [0.25, 0.3) is 5.56 Å². The number of thiazole rings is 1. The van der Waals surface area contributed by atoms with Crippen LogP contribution in [0.3, 0.4) is 0 Å². The van der Waals surface area contributed by atoms with Crippen molar-refractivity contribution in [2.75, 3.05) is 14.2 Å². The summed E-state index contributed by atoms with van der Waals surface area (Å²) < 4.78 is 19.6. The molecule has 1 aromatic heterocycles. The van der Waals surface area contributed by atoms with Crippen LogP contribution in [0.2, 0.25) is 0 Å². The number of halogens is 1. The molecule has 0 unspecified atom stereocenters. The average Bonchev–Trinajstić information content (AvgIpc) is 3.33. The summed E-state index contributed by atoms with van der Waals surface area (Å²) in [5.74, 6) is -0.492. The Kier molecular flexibility index (Phi) is 9.11. The quantitative estimate of drug-likeness (QED) is 0.198. The fraction of sp³-hybridized carbons (Fsp3) is 0.188. The van der Waals surface area contributed by atoms with E-state index >= 15 is 0 Å². The number of benzene rings is 3. The van der Waals surface area contributed by atoms with Gasteiger partial charge in [0.05, 0.1) is 45.2 Å². The summed E-state index contributed by atoms with van der Waals surface area (Å²) in [6, 6.07) is 18.9. The number of aromatic nitrogens is 1. The van der Waals surface area contributed by atoms with Gasteiger partial charge in [-0.05, 0) is 76.0 Å². The highest BCUT2D eigenvalue weighted by Crippen LogP contribution is 2.35. The summed E-state index contributed by atoms with van der Waals surface area (Å²) in [4.78, 5) is 43.2. The number of hydrogen-bond acceptors (Lipinski definition) is 8. The normalized spacial score (nSPS) is 14.6. The number of rotatable bonds is 9. The Morgan fingerprint density at radius 3 is 2.44 bits per heavy atom. The molecule has 3 aromatic carbocycles. The summed E-state index contributed by atoms with van der Waals surface area (Å²) in [7, 11) is 2.87. The second-order valence-corrected chi connectivity index (χ2v) is 11.7. The Labute approximate surface area is 264 Å². The van der Waals surface area contributed by atoms with Gasteiger partial charge in [0, 0.05) is 0 Å². The van der Waals surface area contributed by atoms with Crippen molar-refractivity contribution in [2.45, 2.75) is 26.0 Å². The molecule has 5 rings (SSSR count). The molecule has 0 spiro atoms. The number of fused-ring (bicyclic) bond motifs is 1. The zero-order valence-electron chi connectivity index (χ0n) is 23.5. The largest absolute Gasteiger partial charge is 0.493 e. The van der Waals surface area contributed by atoms with E-state index in [1.54, 1.807) is 28.8 Å². The molecule has 0 saturated heterocycles. The monoisotopic (exact) mass is 710 g/mol. The van der Waals surface area contributed by atoms with Crippen molar-refractivity contribution >= 4 is 51.9 Å². The fourth-order valence-electron chi connectivity index (χ4n) is 4.83. The molecule has 0 saturated carbocycles. The molecule has 9 nitrogen and oxygen atoms in total. The fourth-order valence-corrected chi connectivity index (χ4v) is 6.63. The molecule has 0 aliphatic carbocycles. The highest BCUT2D eigenvalue weighted by atomic mass is 127. The van der Waals surface area contributed by atoms with Gasteiger partial charge in [-0.2, -0.15) is 0 Å². The van der Waals surface area contributed by atoms with E-state index in [1.165, 1.54) is 37.7 Å². The summed E-state index contributed by atoms with van der Waals surface area (Å²) in [6.45, 7) is 2.13. The number of allylic oxidation sites excluding steroid dienone is 1. The SMILES string of the molecule is CCC1=C(C(=O)OC)[C@H](c2ccccc2)n2c(s/c(=C\c3cc(I)c(OCc4ccc(C(=O)O)cc4)c(OC)c3)c2=O)=N1. The van der Waals surface area contributed by atoms with Gasteiger partial charge in [-0.25, -0.2) is 14.6 Å². The second kappa shape index (κ2) is 13.0. The number of aromatic carboxylic acids is 1. The molecule has 1 atom stereocenters. The van der Waals surface area contributed by atoms with Gasteiger partial charge in [0.15, 0.2) is 16.3 Å². The molecular weight excluding hydrogens is 683 g/mol. The number of carbonyl (C=O) groups is 2. The van der Waals surface area contributed by atoms with E-state index in [4.69, 9.17) is 24.3 Å². The Morgan fingerprint density at radius 1 is 1.09 bits per heavy atom. The van der Waals surface area contributed by atoms with Gasteiger partial charge < -0.3 is 19.3 Å². The van der Waals surface area contributed by atoms with Gasteiger partial charge in [0.1, 0.15) is 6.61 Å². The topological polar surface area (TPSA) is 116 Å². The minimum Gasteiger partial charge on any atom is -0.493 e. The molecule has 220 valence electrons. The van der Waals surface area contributed by atoms with E-state index in [0.29, 0.717) is 38.5 Å². The summed E-state index contributed by atoms with van der Waals surface area (Å²) in [5, 5.41) is 9.12. The van der Waals surface area contributed by atoms with Crippen molar-refractivity contribution in [1.29, 1.82) is 0 Å². The first kappa shape index (κ1) is 30.2. The molecule has 1 aliphatic rings. The highest BCUT2D eigenvalue weighted by Gasteiger charge is 2.33. The van der Waals surface area contributed by atoms with Crippen LogP contribution in [0.25, 0.3) is 6.08 Å². The average molecular weight is 711 g/mol. The summed E-state index contributed by atoms with van der Waals surface area (Å²) in [5.41, 5.74) is 3.19. The van der Waals surface area contributed by atoms with Crippen molar-refractivity contribution in [3.05, 3.63) is 124 Å². The molecule has 2 heterocycles. The molecule has 0 bridgehead atoms. The number of methoxy groups -OCH3 is 2. The Morgan fingerprint density at radius 2 is 1.81 bits per heavy atom. The summed E-state index contributed by atoms with van der Waals surface area (Å²) >= 11 is 3.41. The van der Waals surface area contributed by atoms with Crippen LogP contribution in [-0.4, -0.2) is 35.8 Å². The first-order chi connectivity index (χ1) is 20.7. The van der Waals surface area contributed by atoms with Crippen LogP contribution in [-0.2, 0) is 16.1 Å². The van der Waals surface area contributed by atoms with Gasteiger partial charge >= 0.3 is 11.9 Å². The van der Waals surface area contributed by atoms with Crippen molar-refractivity contribution in [3.63, 3.8) is 0 Å². The van der Waals surface area contributed by atoms with Crippen LogP contribution < -0.4 is 24.4 Å². The van der Waals surface area contributed by atoms with Crippen molar-refractivity contribution in [1.82, 2.24) is 4.57 Å². The first-order valence-corrected chi connectivity index (χ1v) is 15.2. The van der Waals surface area contributed by atoms with Gasteiger partial charge in [-0.3, -0.25) is 9.36 Å². The predicted octanol–water partition coefficient (Wildman–Crippen LogP) is 4.69. The highest BCUT2D eigenvalue weighted by molar-refractivity contribution is 14.1. The molecule has 0 radical (unpaired) electrons. The van der Waals surface area contributed by atoms with E-state index < -0.39 is 18.0 Å². The van der Waals surface area contributed by atoms with E-state index in [-0.39, 0.29) is 17.7 Å². The lowest BCUT2D eigenvalue weighted by atomic mass is 9.95. The molecule has 4 aromatic rings. The zero-order chi connectivity index (χ0) is 30.7. The lowest BCUT2D eigenvalue weighted by Crippen LogP contribution is -2.40. The van der Waals surface area contributed by atoms with Gasteiger partial charge in [-0.1, -0.05) is 60.7 Å². The third-order valence-electron chi connectivity index (χ3n) is 6.90.